The van der Waals surface area contributed by atoms with Gasteiger partial charge in [-0.3, -0.25) is 4.79 Å². The van der Waals surface area contributed by atoms with E-state index < -0.39 is 29.3 Å². The summed E-state index contributed by atoms with van der Waals surface area (Å²) in [5, 5.41) is 0. The number of piperazine rings is 1. The molecule has 1 atom stereocenters. The molecule has 1 saturated heterocycles. The third-order valence-electron chi connectivity index (χ3n) is 4.59. The Morgan fingerprint density at radius 3 is 2.48 bits per heavy atom. The fourth-order valence-electron chi connectivity index (χ4n) is 3.38. The highest BCUT2D eigenvalue weighted by molar-refractivity contribution is 9.10. The minimum Gasteiger partial charge on any atom is -0.444 e. The van der Waals surface area contributed by atoms with Crippen LogP contribution in [0.1, 0.15) is 42.3 Å². The van der Waals surface area contributed by atoms with Gasteiger partial charge in [0.1, 0.15) is 5.60 Å². The summed E-state index contributed by atoms with van der Waals surface area (Å²) < 4.78 is 44.8. The number of alkyl halides is 3. The number of hydrogen-bond acceptors (Lipinski definition) is 3. The lowest BCUT2D eigenvalue weighted by molar-refractivity contribution is -0.137. The topological polar surface area (TPSA) is 49.9 Å². The van der Waals surface area contributed by atoms with Gasteiger partial charge in [0.05, 0.1) is 11.6 Å². The molecule has 148 valence electrons. The molecular formula is C18H20BrF3N2O3. The molecule has 0 aromatic heterocycles. The maximum atomic E-state index is 13.1. The highest BCUT2D eigenvalue weighted by Gasteiger charge is 2.41. The van der Waals surface area contributed by atoms with Gasteiger partial charge in [-0.05, 0) is 44.9 Å². The first kappa shape index (κ1) is 20.0. The number of amides is 2. The Bertz CT molecular complexity index is 789. The van der Waals surface area contributed by atoms with Gasteiger partial charge in [0.15, 0.2) is 0 Å². The van der Waals surface area contributed by atoms with Crippen LogP contribution in [0.4, 0.5) is 18.0 Å². The van der Waals surface area contributed by atoms with Crippen molar-refractivity contribution in [2.45, 2.75) is 45.0 Å². The first-order valence-electron chi connectivity index (χ1n) is 8.55. The normalized spacial score (nSPS) is 20.3. The Morgan fingerprint density at radius 2 is 1.89 bits per heavy atom. The molecule has 0 bridgehead atoms. The monoisotopic (exact) mass is 448 g/mol. The number of hydrogen-bond donors (Lipinski definition) is 0. The molecule has 5 nitrogen and oxygen atoms in total. The summed E-state index contributed by atoms with van der Waals surface area (Å²) in [5.41, 5.74) is -0.869. The zero-order valence-electron chi connectivity index (χ0n) is 15.2. The smallest absolute Gasteiger partial charge is 0.416 e. The van der Waals surface area contributed by atoms with E-state index in [2.05, 4.69) is 15.9 Å². The quantitative estimate of drug-likeness (QED) is 0.600. The summed E-state index contributed by atoms with van der Waals surface area (Å²) in [6, 6.07) is 1.62. The largest absolute Gasteiger partial charge is 0.444 e. The van der Waals surface area contributed by atoms with Crippen LogP contribution in [0.15, 0.2) is 16.6 Å². The number of halogens is 4. The lowest BCUT2D eigenvalue weighted by Crippen LogP contribution is -2.59. The van der Waals surface area contributed by atoms with Crippen LogP contribution in [0, 0.1) is 0 Å². The molecule has 1 fully saturated rings. The van der Waals surface area contributed by atoms with E-state index in [1.165, 1.54) is 0 Å². The highest BCUT2D eigenvalue weighted by atomic mass is 79.9. The molecule has 3 rings (SSSR count). The SMILES string of the molecule is CC(C)(C)OC(=O)N1CCN2C(=O)c3cc(C(F)(F)F)cc(Br)c3CC2C1. The molecule has 2 heterocycles. The van der Waals surface area contributed by atoms with Gasteiger partial charge in [-0.1, -0.05) is 15.9 Å². The highest BCUT2D eigenvalue weighted by Crippen LogP contribution is 2.37. The number of benzene rings is 1. The lowest BCUT2D eigenvalue weighted by atomic mass is 9.90. The maximum absolute atomic E-state index is 13.1. The lowest BCUT2D eigenvalue weighted by Gasteiger charge is -2.44. The molecule has 0 aliphatic carbocycles. The first-order valence-corrected chi connectivity index (χ1v) is 9.34. The molecule has 2 aliphatic heterocycles. The standard InChI is InChI=1S/C18H20BrF3N2O3/c1-17(2,3)27-16(26)23-4-5-24-11(9-23)8-12-13(15(24)25)6-10(7-14(12)19)18(20,21)22/h6-7,11H,4-5,8-9H2,1-3H3. The minimum atomic E-state index is -4.52. The van der Waals surface area contributed by atoms with Crippen LogP contribution in [-0.2, 0) is 17.3 Å². The van der Waals surface area contributed by atoms with Crippen LogP contribution in [0.25, 0.3) is 0 Å². The summed E-state index contributed by atoms with van der Waals surface area (Å²) in [6.45, 7) is 6.15. The maximum Gasteiger partial charge on any atom is 0.416 e. The summed E-state index contributed by atoms with van der Waals surface area (Å²) in [7, 11) is 0. The number of carbonyl (C=O) groups excluding carboxylic acids is 2. The second-order valence-electron chi connectivity index (χ2n) is 7.76. The molecule has 0 spiro atoms. The van der Waals surface area contributed by atoms with Gasteiger partial charge in [-0.2, -0.15) is 13.2 Å². The van der Waals surface area contributed by atoms with Crippen molar-refractivity contribution >= 4 is 27.9 Å². The van der Waals surface area contributed by atoms with Crippen LogP contribution in [0.3, 0.4) is 0 Å². The van der Waals surface area contributed by atoms with E-state index >= 15 is 0 Å². The van der Waals surface area contributed by atoms with Crippen molar-refractivity contribution in [1.82, 2.24) is 9.80 Å². The summed E-state index contributed by atoms with van der Waals surface area (Å²) >= 11 is 3.18. The van der Waals surface area contributed by atoms with Crippen molar-refractivity contribution in [2.24, 2.45) is 0 Å². The predicted molar refractivity (Wildman–Crippen MR) is 95.5 cm³/mol. The molecule has 1 aromatic carbocycles. The number of carbonyl (C=O) groups is 2. The van der Waals surface area contributed by atoms with Crippen molar-refractivity contribution < 1.29 is 27.5 Å². The molecule has 0 saturated carbocycles. The Balaban J connectivity index is 1.85. The van der Waals surface area contributed by atoms with Crippen molar-refractivity contribution in [3.05, 3.63) is 33.3 Å². The van der Waals surface area contributed by atoms with Gasteiger partial charge in [0, 0.05) is 29.7 Å². The molecule has 0 N–H and O–H groups in total. The third-order valence-corrected chi connectivity index (χ3v) is 5.30. The average molecular weight is 449 g/mol. The Labute approximate surface area is 163 Å². The number of rotatable bonds is 0. The van der Waals surface area contributed by atoms with Crippen LogP contribution in [0.2, 0.25) is 0 Å². The van der Waals surface area contributed by atoms with E-state index in [4.69, 9.17) is 4.74 Å². The van der Waals surface area contributed by atoms with Crippen molar-refractivity contribution in [3.8, 4) is 0 Å². The third kappa shape index (κ3) is 4.07. The number of ether oxygens (including phenoxy) is 1. The zero-order valence-corrected chi connectivity index (χ0v) is 16.8. The number of nitrogens with zero attached hydrogens (tertiary/aromatic N) is 2. The fourth-order valence-corrected chi connectivity index (χ4v) is 4.00. The molecular weight excluding hydrogens is 429 g/mol. The second-order valence-corrected chi connectivity index (χ2v) is 8.62. The molecule has 9 heteroatoms. The molecule has 2 amide bonds. The summed E-state index contributed by atoms with van der Waals surface area (Å²) in [4.78, 5) is 28.2. The van der Waals surface area contributed by atoms with E-state index in [0.717, 1.165) is 12.1 Å². The van der Waals surface area contributed by atoms with Crippen LogP contribution < -0.4 is 0 Å². The second kappa shape index (κ2) is 6.68. The van der Waals surface area contributed by atoms with Gasteiger partial charge in [0.25, 0.3) is 5.91 Å². The van der Waals surface area contributed by atoms with Crippen LogP contribution in [-0.4, -0.2) is 53.1 Å². The van der Waals surface area contributed by atoms with Gasteiger partial charge in [0.2, 0.25) is 0 Å². The van der Waals surface area contributed by atoms with Gasteiger partial charge in [-0.25, -0.2) is 4.79 Å². The summed E-state index contributed by atoms with van der Waals surface area (Å²) in [5.74, 6) is -0.433. The van der Waals surface area contributed by atoms with E-state index in [1.807, 2.05) is 0 Å². The Hall–Kier alpha value is -1.77. The molecule has 1 unspecified atom stereocenters. The van der Waals surface area contributed by atoms with E-state index in [-0.39, 0.29) is 35.7 Å². The zero-order chi connectivity index (χ0) is 20.1. The van der Waals surface area contributed by atoms with Crippen LogP contribution in [0.5, 0.6) is 0 Å². The summed E-state index contributed by atoms with van der Waals surface area (Å²) in [6.07, 6.45) is -4.60. The molecule has 0 radical (unpaired) electrons. The molecule has 27 heavy (non-hydrogen) atoms. The Kier molecular flexibility index (Phi) is 4.95. The van der Waals surface area contributed by atoms with Crippen LogP contribution >= 0.6 is 15.9 Å². The van der Waals surface area contributed by atoms with Crippen molar-refractivity contribution in [1.29, 1.82) is 0 Å². The van der Waals surface area contributed by atoms with E-state index in [9.17, 15) is 22.8 Å². The van der Waals surface area contributed by atoms with E-state index in [0.29, 0.717) is 12.0 Å². The average Bonchev–Trinajstić information content (AvgIpc) is 2.53. The van der Waals surface area contributed by atoms with Gasteiger partial charge < -0.3 is 14.5 Å². The number of fused-ring (bicyclic) bond motifs is 2. The minimum absolute atomic E-state index is 0.0682. The van der Waals surface area contributed by atoms with Gasteiger partial charge in [-0.15, -0.1) is 0 Å². The van der Waals surface area contributed by atoms with Gasteiger partial charge >= 0.3 is 12.3 Å². The van der Waals surface area contributed by atoms with Crippen molar-refractivity contribution in [3.63, 3.8) is 0 Å². The first-order chi connectivity index (χ1) is 12.4. The molecule has 2 aliphatic rings. The fraction of sp³-hybridized carbons (Fsp3) is 0.556. The predicted octanol–water partition coefficient (Wildman–Crippen LogP) is 4.09. The van der Waals surface area contributed by atoms with E-state index in [1.54, 1.807) is 30.6 Å². The van der Waals surface area contributed by atoms with Crippen molar-refractivity contribution in [2.75, 3.05) is 19.6 Å². The molecule has 1 aromatic rings. The Morgan fingerprint density at radius 1 is 1.22 bits per heavy atom.